The molecule has 1 rings (SSSR count). The van der Waals surface area contributed by atoms with Crippen molar-refractivity contribution in [2.45, 2.75) is 0 Å². The van der Waals surface area contributed by atoms with Crippen molar-refractivity contribution < 1.29 is 18.7 Å². The Hall–Kier alpha value is -1.16. The average Bonchev–Trinajstić information content (AvgIpc) is 2.30. The predicted molar refractivity (Wildman–Crippen MR) is 54.6 cm³/mol. The zero-order valence-electron chi connectivity index (χ0n) is 8.41. The van der Waals surface area contributed by atoms with E-state index in [1.54, 1.807) is 30.3 Å². The lowest BCUT2D eigenvalue weighted by Gasteiger charge is -2.14. The van der Waals surface area contributed by atoms with Gasteiger partial charge in [-0.1, -0.05) is 30.3 Å². The van der Waals surface area contributed by atoms with Gasteiger partial charge in [-0.25, -0.2) is 4.57 Å². The molecule has 0 radical (unpaired) electrons. The van der Waals surface area contributed by atoms with Gasteiger partial charge in [-0.05, 0) is 5.56 Å². The van der Waals surface area contributed by atoms with Crippen molar-refractivity contribution in [2.24, 2.45) is 4.76 Å². The highest BCUT2D eigenvalue weighted by Crippen LogP contribution is 2.48. The first kappa shape index (κ1) is 11.9. The summed E-state index contributed by atoms with van der Waals surface area (Å²) in [7, 11) is -1.28. The summed E-state index contributed by atoms with van der Waals surface area (Å²) in [6, 6.07) is 8.28. The number of benzene rings is 1. The van der Waals surface area contributed by atoms with Crippen molar-refractivity contribution in [2.75, 3.05) is 14.2 Å². The van der Waals surface area contributed by atoms with Crippen molar-refractivity contribution in [3.63, 3.8) is 0 Å². The van der Waals surface area contributed by atoms with Crippen LogP contribution in [0.3, 0.4) is 0 Å². The van der Waals surface area contributed by atoms with Crippen LogP contribution in [0.1, 0.15) is 5.56 Å². The summed E-state index contributed by atoms with van der Waals surface area (Å²) in [4.78, 5) is 0. The number of hydrogen-bond acceptors (Lipinski definition) is 4. The Morgan fingerprint density at radius 2 is 1.80 bits per heavy atom. The summed E-state index contributed by atoms with van der Waals surface area (Å²) in [5.41, 5.74) is 0.340. The van der Waals surface area contributed by atoms with Crippen LogP contribution >= 0.6 is 7.75 Å². The Labute approximate surface area is 88.0 Å². The minimum atomic E-state index is -3.63. The molecule has 0 atom stereocenters. The van der Waals surface area contributed by atoms with Crippen molar-refractivity contribution in [1.82, 2.24) is 0 Å². The lowest BCUT2D eigenvalue weighted by molar-refractivity contribution is -0.212. The summed E-state index contributed by atoms with van der Waals surface area (Å²) in [6.07, 6.45) is 0. The van der Waals surface area contributed by atoms with Crippen molar-refractivity contribution in [1.29, 1.82) is 0 Å². The van der Waals surface area contributed by atoms with Crippen LogP contribution in [0.4, 0.5) is 0 Å². The lowest BCUT2D eigenvalue weighted by Crippen LogP contribution is -2.18. The van der Waals surface area contributed by atoms with Crippen molar-refractivity contribution in [3.8, 4) is 0 Å². The van der Waals surface area contributed by atoms with Crippen LogP contribution in [0.2, 0.25) is 0 Å². The monoisotopic (exact) mass is 228 g/mol. The van der Waals surface area contributed by atoms with Crippen LogP contribution in [-0.2, 0) is 13.6 Å². The van der Waals surface area contributed by atoms with Crippen molar-refractivity contribution >= 4 is 13.6 Å². The third-order valence-electron chi connectivity index (χ3n) is 1.70. The van der Waals surface area contributed by atoms with Crippen LogP contribution in [0, 0.1) is 0 Å². The molecule has 15 heavy (non-hydrogen) atoms. The van der Waals surface area contributed by atoms with E-state index in [0.717, 1.165) is 0 Å². The Bertz CT molecular complexity index is 382. The lowest BCUT2D eigenvalue weighted by atomic mass is 10.2. The van der Waals surface area contributed by atoms with Gasteiger partial charge in [-0.3, -0.25) is 9.05 Å². The molecule has 0 heterocycles. The van der Waals surface area contributed by atoms with Gasteiger partial charge in [0, 0.05) is 20.1 Å². The molecule has 0 unspecified atom stereocenters. The molecule has 0 aromatic heterocycles. The average molecular weight is 228 g/mol. The maximum atomic E-state index is 11.5. The first-order valence-electron chi connectivity index (χ1n) is 4.15. The van der Waals surface area contributed by atoms with E-state index < -0.39 is 13.6 Å². The first-order chi connectivity index (χ1) is 7.11. The fourth-order valence-corrected chi connectivity index (χ4v) is 1.56. The summed E-state index contributed by atoms with van der Waals surface area (Å²) in [6.45, 7) is 0. The van der Waals surface area contributed by atoms with Crippen LogP contribution in [-0.4, -0.2) is 20.1 Å². The molecule has 0 fully saturated rings. The molecule has 0 saturated carbocycles. The van der Waals surface area contributed by atoms with Gasteiger partial charge in [0.25, 0.3) is 0 Å². The second kappa shape index (κ2) is 5.07. The van der Waals surface area contributed by atoms with E-state index in [-0.39, 0.29) is 0 Å². The van der Waals surface area contributed by atoms with Gasteiger partial charge in [0.15, 0.2) is 0 Å². The molecule has 0 aliphatic rings. The van der Waals surface area contributed by atoms with E-state index >= 15 is 0 Å². The highest BCUT2D eigenvalue weighted by atomic mass is 31.2. The number of rotatable bonds is 4. The maximum Gasteiger partial charge on any atom is 0.452 e. The summed E-state index contributed by atoms with van der Waals surface area (Å²) in [5.74, 6) is -0.623. The molecule has 0 N–H and O–H groups in total. The van der Waals surface area contributed by atoms with Gasteiger partial charge in [-0.15, -0.1) is 0 Å². The highest BCUT2D eigenvalue weighted by Gasteiger charge is 2.18. The third-order valence-corrected chi connectivity index (χ3v) is 3.04. The Morgan fingerprint density at radius 3 is 2.27 bits per heavy atom. The first-order valence-corrected chi connectivity index (χ1v) is 5.65. The van der Waals surface area contributed by atoms with E-state index in [4.69, 9.17) is 0 Å². The number of nitrogens with zero attached hydrogens (tertiary/aromatic N) is 1. The van der Waals surface area contributed by atoms with Gasteiger partial charge in [0.2, 0.25) is 0 Å². The SMILES string of the molecule is COP(=O)(/N=C(\[O-])c1ccccc1)OC. The molecule has 5 nitrogen and oxygen atoms in total. The quantitative estimate of drug-likeness (QED) is 0.441. The van der Waals surface area contributed by atoms with Crippen LogP contribution in [0.25, 0.3) is 0 Å². The molecule has 6 heteroatoms. The van der Waals surface area contributed by atoms with Gasteiger partial charge in [0.1, 0.15) is 0 Å². The Morgan fingerprint density at radius 1 is 1.27 bits per heavy atom. The fourth-order valence-electron chi connectivity index (χ4n) is 0.906. The van der Waals surface area contributed by atoms with Crippen LogP contribution in [0.15, 0.2) is 35.1 Å². The summed E-state index contributed by atoms with van der Waals surface area (Å²) in [5, 5.41) is 11.5. The number of hydrogen-bond donors (Lipinski definition) is 0. The Balaban J connectivity index is 2.99. The minimum Gasteiger partial charge on any atom is -0.858 e. The minimum absolute atomic E-state index is 0.340. The topological polar surface area (TPSA) is 71.0 Å². The Kier molecular flexibility index (Phi) is 4.03. The van der Waals surface area contributed by atoms with Crippen LogP contribution in [0.5, 0.6) is 0 Å². The largest absolute Gasteiger partial charge is 0.858 e. The molecule has 82 valence electrons. The molecule has 0 spiro atoms. The molecule has 0 amide bonds. The van der Waals surface area contributed by atoms with Gasteiger partial charge in [-0.2, -0.15) is 4.76 Å². The maximum absolute atomic E-state index is 11.5. The van der Waals surface area contributed by atoms with Crippen molar-refractivity contribution in [3.05, 3.63) is 35.9 Å². The second-order valence-corrected chi connectivity index (χ2v) is 4.47. The van der Waals surface area contributed by atoms with E-state index in [1.807, 2.05) is 0 Å². The van der Waals surface area contributed by atoms with E-state index in [9.17, 15) is 9.67 Å². The second-order valence-electron chi connectivity index (χ2n) is 2.60. The molecule has 1 aromatic carbocycles. The zero-order valence-corrected chi connectivity index (χ0v) is 9.31. The molecule has 0 aliphatic carbocycles. The third kappa shape index (κ3) is 3.16. The normalized spacial score (nSPS) is 12.8. The van der Waals surface area contributed by atoms with Gasteiger partial charge < -0.3 is 5.11 Å². The fraction of sp³-hybridized carbons (Fsp3) is 0.222. The van der Waals surface area contributed by atoms with E-state index in [2.05, 4.69) is 13.8 Å². The smallest absolute Gasteiger partial charge is 0.452 e. The predicted octanol–water partition coefficient (Wildman–Crippen LogP) is 1.19. The molecule has 0 bridgehead atoms. The van der Waals surface area contributed by atoms with Gasteiger partial charge in [0.05, 0.1) is 0 Å². The van der Waals surface area contributed by atoms with Crippen LogP contribution < -0.4 is 5.11 Å². The van der Waals surface area contributed by atoms with Gasteiger partial charge >= 0.3 is 7.75 Å². The molecule has 0 saturated heterocycles. The summed E-state index contributed by atoms with van der Waals surface area (Å²) >= 11 is 0. The molecule has 1 aromatic rings. The summed E-state index contributed by atoms with van der Waals surface area (Å²) < 4.78 is 23.9. The zero-order chi connectivity index (χ0) is 11.3. The standard InChI is InChI=1S/C9H12NO4P/c1-13-15(12,14-2)10-9(11)8-6-4-3-5-7-8/h3-7H,1-2H3,(H,10,11,12)/p-1. The highest BCUT2D eigenvalue weighted by molar-refractivity contribution is 7.52. The molecule has 0 aliphatic heterocycles. The molecular weight excluding hydrogens is 217 g/mol. The molecular formula is C9H11NO4P-. The van der Waals surface area contributed by atoms with E-state index in [1.165, 1.54) is 14.2 Å². The van der Waals surface area contributed by atoms with E-state index in [0.29, 0.717) is 5.56 Å².